The largest absolute Gasteiger partial charge is 0.384 e. The lowest BCUT2D eigenvalue weighted by Gasteiger charge is -2.14. The molecule has 1 aromatic rings. The second-order valence-electron chi connectivity index (χ2n) is 5.37. The molecule has 5 nitrogen and oxygen atoms in total. The van der Waals surface area contributed by atoms with Crippen LogP contribution in [0.25, 0.3) is 0 Å². The Morgan fingerprint density at radius 1 is 1.50 bits per heavy atom. The first-order chi connectivity index (χ1) is 8.85. The number of hydrogen-bond acceptors (Lipinski definition) is 4. The van der Waals surface area contributed by atoms with Crippen molar-refractivity contribution in [3.63, 3.8) is 0 Å². The van der Waals surface area contributed by atoms with Gasteiger partial charge in [0.25, 0.3) is 0 Å². The number of nitrogens with zero attached hydrogens (tertiary/aromatic N) is 3. The lowest BCUT2D eigenvalue weighted by molar-refractivity contribution is 0.152. The van der Waals surface area contributed by atoms with Crippen LogP contribution in [0.1, 0.15) is 17.8 Å². The van der Waals surface area contributed by atoms with Gasteiger partial charge in [-0.2, -0.15) is 5.10 Å². The van der Waals surface area contributed by atoms with Crippen LogP contribution in [0.2, 0.25) is 0 Å². The van der Waals surface area contributed by atoms with Crippen molar-refractivity contribution in [3.8, 4) is 0 Å². The number of ether oxygens (including phenoxy) is 1. The molecule has 0 unspecified atom stereocenters. The molecule has 2 aliphatic rings. The second-order valence-corrected chi connectivity index (χ2v) is 5.37. The molecule has 0 radical (unpaired) electrons. The summed E-state index contributed by atoms with van der Waals surface area (Å²) in [6.45, 7) is 7.19. The van der Waals surface area contributed by atoms with Crippen LogP contribution in [-0.4, -0.2) is 48.0 Å². The van der Waals surface area contributed by atoms with Gasteiger partial charge in [-0.25, -0.2) is 0 Å². The topological polar surface area (TPSA) is 42.3 Å². The second kappa shape index (κ2) is 5.38. The summed E-state index contributed by atoms with van der Waals surface area (Å²) in [5.74, 6) is 0.703. The molecule has 0 amide bonds. The molecule has 18 heavy (non-hydrogen) atoms. The molecule has 0 saturated carbocycles. The number of nitrogens with one attached hydrogen (secondary N) is 1. The minimum atomic E-state index is 0.703. The van der Waals surface area contributed by atoms with Crippen LogP contribution in [0.15, 0.2) is 6.07 Å². The quantitative estimate of drug-likeness (QED) is 0.843. The third kappa shape index (κ3) is 2.58. The fourth-order valence-electron chi connectivity index (χ4n) is 2.99. The Morgan fingerprint density at radius 3 is 3.28 bits per heavy atom. The Labute approximate surface area is 108 Å². The summed E-state index contributed by atoms with van der Waals surface area (Å²) in [6, 6.07) is 2.25. The van der Waals surface area contributed by atoms with E-state index in [1.54, 1.807) is 7.11 Å². The molecule has 3 rings (SSSR count). The summed E-state index contributed by atoms with van der Waals surface area (Å²) in [5, 5.41) is 8.07. The lowest BCUT2D eigenvalue weighted by atomic mass is 10.1. The minimum absolute atomic E-state index is 0.703. The number of hydrogen-bond donors (Lipinski definition) is 1. The standard InChI is InChI=1S/C13H22N4O/c1-18-10-11-2-4-16(8-11)9-12-6-13-7-14-3-5-17(13)15-12/h6,11,14H,2-5,7-10H2,1H3/t11-/m1/s1. The highest BCUT2D eigenvalue weighted by Gasteiger charge is 2.23. The van der Waals surface area contributed by atoms with Gasteiger partial charge in [0.15, 0.2) is 0 Å². The van der Waals surface area contributed by atoms with E-state index in [0.717, 1.165) is 39.3 Å². The average Bonchev–Trinajstić information content (AvgIpc) is 2.96. The van der Waals surface area contributed by atoms with Crippen LogP contribution in [0.3, 0.4) is 0 Å². The van der Waals surface area contributed by atoms with E-state index in [1.807, 2.05) is 0 Å². The Morgan fingerprint density at radius 2 is 2.44 bits per heavy atom. The smallest absolute Gasteiger partial charge is 0.0768 e. The molecular formula is C13H22N4O. The lowest BCUT2D eigenvalue weighted by Crippen LogP contribution is -2.28. The Bertz CT molecular complexity index is 380. The predicted molar refractivity (Wildman–Crippen MR) is 69.2 cm³/mol. The fourth-order valence-corrected chi connectivity index (χ4v) is 2.99. The molecule has 0 spiro atoms. The van der Waals surface area contributed by atoms with E-state index in [0.29, 0.717) is 5.92 Å². The van der Waals surface area contributed by atoms with Crippen molar-refractivity contribution in [1.82, 2.24) is 20.0 Å². The SMILES string of the molecule is COC[C@@H]1CCN(Cc2cc3n(n2)CCNC3)C1. The summed E-state index contributed by atoms with van der Waals surface area (Å²) < 4.78 is 7.38. The van der Waals surface area contributed by atoms with Gasteiger partial charge in [-0.05, 0) is 24.9 Å². The van der Waals surface area contributed by atoms with E-state index in [4.69, 9.17) is 4.74 Å². The van der Waals surface area contributed by atoms with Gasteiger partial charge in [0, 0.05) is 33.3 Å². The molecular weight excluding hydrogens is 228 g/mol. The van der Waals surface area contributed by atoms with Crippen molar-refractivity contribution < 1.29 is 4.74 Å². The van der Waals surface area contributed by atoms with Crippen LogP contribution in [0, 0.1) is 5.92 Å². The molecule has 1 aromatic heterocycles. The molecule has 100 valence electrons. The monoisotopic (exact) mass is 250 g/mol. The summed E-state index contributed by atoms with van der Waals surface area (Å²) in [4.78, 5) is 2.49. The van der Waals surface area contributed by atoms with Crippen molar-refractivity contribution in [1.29, 1.82) is 0 Å². The van der Waals surface area contributed by atoms with Gasteiger partial charge >= 0.3 is 0 Å². The number of rotatable bonds is 4. The summed E-state index contributed by atoms with van der Waals surface area (Å²) >= 11 is 0. The van der Waals surface area contributed by atoms with E-state index in [1.165, 1.54) is 24.4 Å². The maximum Gasteiger partial charge on any atom is 0.0768 e. The third-order valence-corrected chi connectivity index (χ3v) is 3.88. The van der Waals surface area contributed by atoms with Gasteiger partial charge < -0.3 is 10.1 Å². The van der Waals surface area contributed by atoms with E-state index in [2.05, 4.69) is 26.1 Å². The zero-order valence-electron chi connectivity index (χ0n) is 11.1. The number of aromatic nitrogens is 2. The minimum Gasteiger partial charge on any atom is -0.384 e. The highest BCUT2D eigenvalue weighted by Crippen LogP contribution is 2.19. The van der Waals surface area contributed by atoms with Crippen LogP contribution >= 0.6 is 0 Å². The van der Waals surface area contributed by atoms with Gasteiger partial charge in [0.05, 0.1) is 24.5 Å². The van der Waals surface area contributed by atoms with Crippen molar-refractivity contribution in [2.24, 2.45) is 5.92 Å². The maximum absolute atomic E-state index is 5.24. The number of methoxy groups -OCH3 is 1. The zero-order chi connectivity index (χ0) is 12.4. The summed E-state index contributed by atoms with van der Waals surface area (Å²) in [6.07, 6.45) is 1.25. The molecule has 0 bridgehead atoms. The molecule has 2 aliphatic heterocycles. The average molecular weight is 250 g/mol. The molecule has 0 aliphatic carbocycles. The van der Waals surface area contributed by atoms with E-state index in [-0.39, 0.29) is 0 Å². The highest BCUT2D eigenvalue weighted by atomic mass is 16.5. The van der Waals surface area contributed by atoms with Gasteiger partial charge in [0.2, 0.25) is 0 Å². The van der Waals surface area contributed by atoms with Crippen molar-refractivity contribution >= 4 is 0 Å². The summed E-state index contributed by atoms with van der Waals surface area (Å²) in [5.41, 5.74) is 2.54. The van der Waals surface area contributed by atoms with Crippen molar-refractivity contribution in [3.05, 3.63) is 17.5 Å². The maximum atomic E-state index is 5.24. The molecule has 1 N–H and O–H groups in total. The molecule has 1 atom stereocenters. The van der Waals surface area contributed by atoms with Crippen LogP contribution in [0.5, 0.6) is 0 Å². The van der Waals surface area contributed by atoms with Gasteiger partial charge in [-0.3, -0.25) is 9.58 Å². The third-order valence-electron chi connectivity index (χ3n) is 3.88. The van der Waals surface area contributed by atoms with Gasteiger partial charge in [0.1, 0.15) is 0 Å². The molecule has 3 heterocycles. The fraction of sp³-hybridized carbons (Fsp3) is 0.769. The first kappa shape index (κ1) is 12.1. The first-order valence-corrected chi connectivity index (χ1v) is 6.83. The van der Waals surface area contributed by atoms with Crippen LogP contribution < -0.4 is 5.32 Å². The number of fused-ring (bicyclic) bond motifs is 1. The predicted octanol–water partition coefficient (Wildman–Crippen LogP) is 0.455. The van der Waals surface area contributed by atoms with Gasteiger partial charge in [-0.1, -0.05) is 0 Å². The highest BCUT2D eigenvalue weighted by molar-refractivity contribution is 5.12. The first-order valence-electron chi connectivity index (χ1n) is 6.83. The van der Waals surface area contributed by atoms with Crippen LogP contribution in [-0.2, 0) is 24.4 Å². The molecule has 0 aromatic carbocycles. The molecule has 1 fully saturated rings. The van der Waals surface area contributed by atoms with Crippen molar-refractivity contribution in [2.45, 2.75) is 26.1 Å². The van der Waals surface area contributed by atoms with E-state index in [9.17, 15) is 0 Å². The normalized spacial score (nSPS) is 24.4. The Kier molecular flexibility index (Phi) is 3.63. The van der Waals surface area contributed by atoms with E-state index < -0.39 is 0 Å². The van der Waals surface area contributed by atoms with E-state index >= 15 is 0 Å². The zero-order valence-corrected chi connectivity index (χ0v) is 11.1. The summed E-state index contributed by atoms with van der Waals surface area (Å²) in [7, 11) is 1.79. The van der Waals surface area contributed by atoms with Gasteiger partial charge in [-0.15, -0.1) is 0 Å². The van der Waals surface area contributed by atoms with Crippen LogP contribution in [0.4, 0.5) is 0 Å². The molecule has 5 heteroatoms. The Hall–Kier alpha value is -0.910. The Balaban J connectivity index is 1.58. The molecule has 1 saturated heterocycles. The van der Waals surface area contributed by atoms with Crippen molar-refractivity contribution in [2.75, 3.05) is 33.4 Å². The number of likely N-dealkylation sites (tertiary alicyclic amines) is 1.